The fraction of sp³-hybridized carbons (Fsp3) is 0.200. The van der Waals surface area contributed by atoms with Gasteiger partial charge in [-0.1, -0.05) is 0 Å². The zero-order chi connectivity index (χ0) is 14.8. The summed E-state index contributed by atoms with van der Waals surface area (Å²) in [6.45, 7) is 0. The zero-order valence-corrected chi connectivity index (χ0v) is 9.10. The van der Waals surface area contributed by atoms with Gasteiger partial charge in [0, 0.05) is 11.6 Å². The Bertz CT molecular complexity index is 553. The van der Waals surface area contributed by atoms with Gasteiger partial charge < -0.3 is 5.11 Å². The van der Waals surface area contributed by atoms with Crippen LogP contribution >= 0.6 is 0 Å². The number of hydrogen-bond acceptors (Lipinski definition) is 5. The quantitative estimate of drug-likeness (QED) is 0.393. The van der Waals surface area contributed by atoms with Crippen LogP contribution in [0.15, 0.2) is 18.2 Å². The molecule has 0 unspecified atom stereocenters. The van der Waals surface area contributed by atoms with E-state index in [1.54, 1.807) is 0 Å². The number of aromatic hydroxyl groups is 1. The number of nitro benzene ring substituents is 1. The lowest BCUT2D eigenvalue weighted by Gasteiger charge is -2.04. The van der Waals surface area contributed by atoms with Gasteiger partial charge >= 0.3 is 11.9 Å². The van der Waals surface area contributed by atoms with Crippen molar-refractivity contribution in [3.05, 3.63) is 33.9 Å². The van der Waals surface area contributed by atoms with E-state index >= 15 is 0 Å². The molecule has 19 heavy (non-hydrogen) atoms. The highest BCUT2D eigenvalue weighted by Crippen LogP contribution is 2.27. The Morgan fingerprint density at radius 3 is 2.37 bits per heavy atom. The molecule has 0 amide bonds. The van der Waals surface area contributed by atoms with Crippen LogP contribution in [-0.2, 0) is 4.79 Å². The molecule has 0 bridgehead atoms. The average Bonchev–Trinajstić information content (AvgIpc) is 2.27. The second kappa shape index (κ2) is 5.04. The lowest BCUT2D eigenvalue weighted by atomic mass is 10.0. The molecule has 0 aliphatic carbocycles. The molecule has 0 atom stereocenters. The molecule has 9 heteroatoms. The minimum absolute atomic E-state index is 0.456. The van der Waals surface area contributed by atoms with E-state index in [4.69, 9.17) is 5.11 Å². The van der Waals surface area contributed by atoms with Crippen molar-refractivity contribution in [2.45, 2.75) is 12.6 Å². The molecule has 6 nitrogen and oxygen atoms in total. The van der Waals surface area contributed by atoms with Crippen LogP contribution in [0.1, 0.15) is 16.8 Å². The third kappa shape index (κ3) is 3.50. The fourth-order valence-electron chi connectivity index (χ4n) is 1.19. The number of benzene rings is 1. The van der Waals surface area contributed by atoms with Gasteiger partial charge in [0.15, 0.2) is 11.5 Å². The maximum atomic E-state index is 11.9. The van der Waals surface area contributed by atoms with E-state index in [9.17, 15) is 32.9 Å². The minimum atomic E-state index is -5.14. The molecule has 1 N–H and O–H groups in total. The number of carbonyl (C=O) groups is 2. The van der Waals surface area contributed by atoms with E-state index in [-0.39, 0.29) is 0 Å². The second-order valence-electron chi connectivity index (χ2n) is 3.48. The van der Waals surface area contributed by atoms with E-state index < -0.39 is 46.1 Å². The smallest absolute Gasteiger partial charge is 0.450 e. The molecule has 0 fully saturated rings. The largest absolute Gasteiger partial charge is 0.502 e. The molecule has 0 radical (unpaired) electrons. The van der Waals surface area contributed by atoms with Crippen molar-refractivity contribution in [3.8, 4) is 5.75 Å². The van der Waals surface area contributed by atoms with E-state index in [2.05, 4.69) is 0 Å². The van der Waals surface area contributed by atoms with Crippen LogP contribution in [0.3, 0.4) is 0 Å². The Hall–Kier alpha value is -2.45. The van der Waals surface area contributed by atoms with Crippen molar-refractivity contribution in [2.24, 2.45) is 0 Å². The number of hydrogen-bond donors (Lipinski definition) is 1. The third-order valence-corrected chi connectivity index (χ3v) is 2.13. The SMILES string of the molecule is O=C(CC(=O)C(F)(F)F)c1ccc(O)c([N+](=O)[O-])c1. The van der Waals surface area contributed by atoms with Crippen molar-refractivity contribution in [1.82, 2.24) is 0 Å². The van der Waals surface area contributed by atoms with Crippen LogP contribution < -0.4 is 0 Å². The van der Waals surface area contributed by atoms with E-state index in [0.29, 0.717) is 6.07 Å². The maximum absolute atomic E-state index is 11.9. The molecule has 0 spiro atoms. The summed E-state index contributed by atoms with van der Waals surface area (Å²) in [4.78, 5) is 31.4. The zero-order valence-electron chi connectivity index (χ0n) is 9.10. The number of ketones is 2. The molecular weight excluding hydrogens is 271 g/mol. The van der Waals surface area contributed by atoms with Crippen molar-refractivity contribution < 1.29 is 32.8 Å². The van der Waals surface area contributed by atoms with Gasteiger partial charge in [-0.05, 0) is 12.1 Å². The monoisotopic (exact) mass is 277 g/mol. The minimum Gasteiger partial charge on any atom is -0.502 e. The molecule has 0 heterocycles. The van der Waals surface area contributed by atoms with Crippen molar-refractivity contribution in [3.63, 3.8) is 0 Å². The first-order valence-electron chi connectivity index (χ1n) is 4.73. The highest BCUT2D eigenvalue weighted by molar-refractivity contribution is 6.09. The van der Waals surface area contributed by atoms with Gasteiger partial charge in [0.25, 0.3) is 0 Å². The Balaban J connectivity index is 2.99. The van der Waals surface area contributed by atoms with Crippen LogP contribution in [0.2, 0.25) is 0 Å². The summed E-state index contributed by atoms with van der Waals surface area (Å²) in [7, 11) is 0. The number of alkyl halides is 3. The number of halogens is 3. The summed E-state index contributed by atoms with van der Waals surface area (Å²) in [5.41, 5.74) is -1.28. The molecule has 1 rings (SSSR count). The lowest BCUT2D eigenvalue weighted by Crippen LogP contribution is -2.25. The third-order valence-electron chi connectivity index (χ3n) is 2.13. The number of phenolic OH excluding ortho intramolecular Hbond substituents is 1. The maximum Gasteiger partial charge on any atom is 0.450 e. The molecule has 0 aromatic heterocycles. The summed E-state index contributed by atoms with van der Waals surface area (Å²) < 4.78 is 35.8. The molecular formula is C10H6F3NO5. The predicted octanol–water partition coefficient (Wildman–Crippen LogP) is 2.00. The van der Waals surface area contributed by atoms with Crippen LogP contribution in [-0.4, -0.2) is 27.8 Å². The highest BCUT2D eigenvalue weighted by Gasteiger charge is 2.39. The molecule has 0 saturated carbocycles. The summed E-state index contributed by atoms with van der Waals surface area (Å²) in [5, 5.41) is 19.6. The number of Topliss-reactive ketones (excluding diaryl/α,β-unsaturated/α-hetero) is 2. The van der Waals surface area contributed by atoms with E-state index in [1.807, 2.05) is 0 Å². The van der Waals surface area contributed by atoms with Crippen molar-refractivity contribution >= 4 is 17.3 Å². The second-order valence-corrected chi connectivity index (χ2v) is 3.48. The van der Waals surface area contributed by atoms with E-state index in [0.717, 1.165) is 12.1 Å². The molecule has 0 aliphatic heterocycles. The first kappa shape index (κ1) is 14.6. The highest BCUT2D eigenvalue weighted by atomic mass is 19.4. The van der Waals surface area contributed by atoms with Gasteiger partial charge in [-0.3, -0.25) is 19.7 Å². The number of phenols is 1. The van der Waals surface area contributed by atoms with Crippen LogP contribution in [0.5, 0.6) is 5.75 Å². The standard InChI is InChI=1S/C10H6F3NO5/c11-10(12,13)9(17)4-8(16)5-1-2-7(15)6(3-5)14(18)19/h1-3,15H,4H2. The van der Waals surface area contributed by atoms with Gasteiger partial charge in [-0.2, -0.15) is 13.2 Å². The molecule has 0 saturated heterocycles. The molecule has 102 valence electrons. The first-order chi connectivity index (χ1) is 8.62. The summed E-state index contributed by atoms with van der Waals surface area (Å²) >= 11 is 0. The van der Waals surface area contributed by atoms with Gasteiger partial charge in [0.05, 0.1) is 11.3 Å². The lowest BCUT2D eigenvalue weighted by molar-refractivity contribution is -0.385. The van der Waals surface area contributed by atoms with Gasteiger partial charge in [-0.25, -0.2) is 0 Å². The summed E-state index contributed by atoms with van der Waals surface area (Å²) in [5.74, 6) is -4.19. The number of carbonyl (C=O) groups excluding carboxylic acids is 2. The first-order valence-corrected chi connectivity index (χ1v) is 4.73. The van der Waals surface area contributed by atoms with Crippen LogP contribution in [0.4, 0.5) is 18.9 Å². The Morgan fingerprint density at radius 2 is 1.89 bits per heavy atom. The summed E-state index contributed by atoms with van der Waals surface area (Å²) in [6.07, 6.45) is -6.58. The normalized spacial score (nSPS) is 11.1. The van der Waals surface area contributed by atoms with Crippen LogP contribution in [0, 0.1) is 10.1 Å². The number of rotatable bonds is 4. The molecule has 1 aromatic rings. The molecule has 1 aromatic carbocycles. The van der Waals surface area contributed by atoms with Gasteiger partial charge in [-0.15, -0.1) is 0 Å². The Labute approximate surface area is 103 Å². The summed E-state index contributed by atoms with van der Waals surface area (Å²) in [6, 6.07) is 2.30. The van der Waals surface area contributed by atoms with Crippen LogP contribution in [0.25, 0.3) is 0 Å². The average molecular weight is 277 g/mol. The molecule has 0 aliphatic rings. The fourth-order valence-corrected chi connectivity index (χ4v) is 1.19. The van der Waals surface area contributed by atoms with E-state index in [1.165, 1.54) is 0 Å². The topological polar surface area (TPSA) is 97.5 Å². The van der Waals surface area contributed by atoms with Gasteiger partial charge in [0.2, 0.25) is 5.78 Å². The number of nitro groups is 1. The van der Waals surface area contributed by atoms with Crippen molar-refractivity contribution in [2.75, 3.05) is 0 Å². The number of nitrogens with zero attached hydrogens (tertiary/aromatic N) is 1. The predicted molar refractivity (Wildman–Crippen MR) is 54.8 cm³/mol. The van der Waals surface area contributed by atoms with Gasteiger partial charge in [0.1, 0.15) is 0 Å². The Kier molecular flexibility index (Phi) is 3.88. The van der Waals surface area contributed by atoms with Crippen molar-refractivity contribution in [1.29, 1.82) is 0 Å². The Morgan fingerprint density at radius 1 is 1.32 bits per heavy atom.